The van der Waals surface area contributed by atoms with Crippen LogP contribution in [0.25, 0.3) is 11.4 Å². The molecule has 3 aromatic rings. The third kappa shape index (κ3) is 4.19. The van der Waals surface area contributed by atoms with Crippen LogP contribution in [0.2, 0.25) is 5.02 Å². The molecule has 1 aliphatic heterocycles. The molecule has 0 aliphatic carbocycles. The predicted molar refractivity (Wildman–Crippen MR) is 108 cm³/mol. The maximum Gasteiger partial charge on any atom is 0.439 e. The number of hydrogen-bond donors (Lipinski definition) is 2. The number of rotatable bonds is 4. The van der Waals surface area contributed by atoms with Gasteiger partial charge in [0.25, 0.3) is 5.56 Å². The van der Waals surface area contributed by atoms with Gasteiger partial charge in [-0.1, -0.05) is 28.9 Å². The number of pyridine rings is 1. The maximum atomic E-state index is 13.0. The molecule has 2 N–H and O–H groups in total. The average molecular weight is 417 g/mol. The molecular weight excluding hydrogens is 396 g/mol. The summed E-state index contributed by atoms with van der Waals surface area (Å²) < 4.78 is 12.2. The minimum absolute atomic E-state index is 0.000538. The van der Waals surface area contributed by atoms with Crippen LogP contribution in [0, 0.1) is 12.8 Å². The zero-order valence-corrected chi connectivity index (χ0v) is 16.6. The second-order valence-electron chi connectivity index (χ2n) is 7.09. The molecule has 0 unspecified atom stereocenters. The van der Waals surface area contributed by atoms with Gasteiger partial charge in [-0.2, -0.15) is 0 Å². The van der Waals surface area contributed by atoms with E-state index in [4.69, 9.17) is 16.3 Å². The molecule has 0 radical (unpaired) electrons. The van der Waals surface area contributed by atoms with Crippen LogP contribution >= 0.6 is 11.6 Å². The molecule has 1 fully saturated rings. The highest BCUT2D eigenvalue weighted by Crippen LogP contribution is 2.31. The van der Waals surface area contributed by atoms with Crippen molar-refractivity contribution in [3.8, 4) is 11.4 Å². The lowest BCUT2D eigenvalue weighted by Gasteiger charge is -2.26. The number of H-pyrrole nitrogens is 1. The molecule has 1 saturated heterocycles. The molecule has 1 aliphatic rings. The van der Waals surface area contributed by atoms with Crippen molar-refractivity contribution in [1.29, 1.82) is 0 Å². The van der Waals surface area contributed by atoms with Crippen molar-refractivity contribution in [2.75, 3.05) is 19.7 Å². The van der Waals surface area contributed by atoms with Crippen LogP contribution in [0.4, 0.5) is 0 Å². The van der Waals surface area contributed by atoms with Crippen molar-refractivity contribution in [3.05, 3.63) is 73.6 Å². The lowest BCUT2D eigenvalue weighted by molar-refractivity contribution is 0.0251. The first-order valence-electron chi connectivity index (χ1n) is 9.37. The van der Waals surface area contributed by atoms with Crippen LogP contribution in [-0.4, -0.2) is 34.4 Å². The molecule has 152 valence electrons. The fourth-order valence-electron chi connectivity index (χ4n) is 3.56. The van der Waals surface area contributed by atoms with E-state index in [0.717, 1.165) is 17.7 Å². The summed E-state index contributed by atoms with van der Waals surface area (Å²) in [5.41, 5.74) is 2.00. The van der Waals surface area contributed by atoms with Gasteiger partial charge in [-0.25, -0.2) is 4.79 Å². The summed E-state index contributed by atoms with van der Waals surface area (Å²) in [4.78, 5) is 26.6. The van der Waals surface area contributed by atoms with Crippen molar-refractivity contribution < 1.29 is 9.26 Å². The molecule has 0 saturated carbocycles. The van der Waals surface area contributed by atoms with Crippen LogP contribution in [0.1, 0.15) is 17.2 Å². The van der Waals surface area contributed by atoms with E-state index < -0.39 is 5.76 Å². The zero-order chi connectivity index (χ0) is 20.4. The number of aromatic nitrogens is 3. The number of halogens is 1. The highest BCUT2D eigenvalue weighted by Gasteiger charge is 2.27. The van der Waals surface area contributed by atoms with Crippen LogP contribution in [0.3, 0.4) is 0 Å². The summed E-state index contributed by atoms with van der Waals surface area (Å²) in [6.07, 6.45) is 1.51. The quantitative estimate of drug-likeness (QED) is 0.675. The molecule has 0 spiro atoms. The van der Waals surface area contributed by atoms with Gasteiger partial charge in [0.2, 0.25) is 0 Å². The van der Waals surface area contributed by atoms with Crippen molar-refractivity contribution >= 4 is 11.6 Å². The standard InChI is InChI=1S/C20H21ClN4O4/c1-12-4-5-13(9-16(12)21)17-14(10-22-6-8-28-17)11-25-7-2-3-15(19(25)26)18-23-20(27)29-24-18/h2-5,7,9,14,17,22H,6,8,10-11H2,1H3,(H,23,24,27)/t14-,17-/m1/s1. The van der Waals surface area contributed by atoms with E-state index in [-0.39, 0.29) is 29.0 Å². The minimum atomic E-state index is -0.701. The molecule has 8 nitrogen and oxygen atoms in total. The van der Waals surface area contributed by atoms with Gasteiger partial charge in [-0.05, 0) is 36.2 Å². The van der Waals surface area contributed by atoms with Gasteiger partial charge in [0.15, 0.2) is 5.82 Å². The van der Waals surface area contributed by atoms with E-state index in [9.17, 15) is 9.59 Å². The van der Waals surface area contributed by atoms with Crippen LogP contribution in [-0.2, 0) is 11.3 Å². The lowest BCUT2D eigenvalue weighted by Crippen LogP contribution is -2.32. The van der Waals surface area contributed by atoms with Gasteiger partial charge in [0, 0.05) is 36.8 Å². The van der Waals surface area contributed by atoms with E-state index in [2.05, 4.69) is 20.0 Å². The Labute approximate surface area is 171 Å². The SMILES string of the molecule is Cc1ccc([C@H]2OCCNC[C@@H]2Cn2cccc(-c3noc(=O)[nH]3)c2=O)cc1Cl. The Hall–Kier alpha value is -2.68. The number of benzene rings is 1. The monoisotopic (exact) mass is 416 g/mol. The van der Waals surface area contributed by atoms with E-state index in [1.54, 1.807) is 22.9 Å². The molecule has 3 heterocycles. The molecule has 29 heavy (non-hydrogen) atoms. The Bertz CT molecular complexity index is 1120. The fourth-order valence-corrected chi connectivity index (χ4v) is 3.75. The van der Waals surface area contributed by atoms with Crippen LogP contribution in [0.5, 0.6) is 0 Å². The van der Waals surface area contributed by atoms with Crippen LogP contribution < -0.4 is 16.6 Å². The number of ether oxygens (including phenoxy) is 1. The first-order valence-corrected chi connectivity index (χ1v) is 9.75. The molecular formula is C20H21ClN4O4. The highest BCUT2D eigenvalue weighted by molar-refractivity contribution is 6.31. The molecule has 0 bridgehead atoms. The Morgan fingerprint density at radius 2 is 2.17 bits per heavy atom. The summed E-state index contributed by atoms with van der Waals surface area (Å²) in [7, 11) is 0. The number of aryl methyl sites for hydroxylation is 1. The van der Waals surface area contributed by atoms with Crippen molar-refractivity contribution in [2.45, 2.75) is 19.6 Å². The Balaban J connectivity index is 1.66. The van der Waals surface area contributed by atoms with Crippen molar-refractivity contribution in [2.24, 2.45) is 5.92 Å². The summed E-state index contributed by atoms with van der Waals surface area (Å²) >= 11 is 6.33. The largest absolute Gasteiger partial charge is 0.439 e. The number of aromatic amines is 1. The third-order valence-electron chi connectivity index (χ3n) is 5.08. The number of hydrogen-bond acceptors (Lipinski definition) is 6. The van der Waals surface area contributed by atoms with Gasteiger partial charge < -0.3 is 14.6 Å². The Kier molecular flexibility index (Phi) is 5.66. The lowest BCUT2D eigenvalue weighted by atomic mass is 9.94. The van der Waals surface area contributed by atoms with E-state index in [0.29, 0.717) is 24.7 Å². The predicted octanol–water partition coefficient (Wildman–Crippen LogP) is 2.13. The average Bonchev–Trinajstić information content (AvgIpc) is 3.00. The van der Waals surface area contributed by atoms with Gasteiger partial charge in [-0.15, -0.1) is 0 Å². The first kappa shape index (κ1) is 19.6. The molecule has 1 aromatic carbocycles. The Morgan fingerprint density at radius 3 is 2.93 bits per heavy atom. The summed E-state index contributed by atoms with van der Waals surface area (Å²) in [5.74, 6) is -0.584. The topological polar surface area (TPSA) is 102 Å². The van der Waals surface area contributed by atoms with E-state index in [1.807, 2.05) is 25.1 Å². The van der Waals surface area contributed by atoms with Crippen LogP contribution in [0.15, 0.2) is 50.6 Å². The fraction of sp³-hybridized carbons (Fsp3) is 0.350. The molecule has 0 amide bonds. The number of nitrogens with zero attached hydrogens (tertiary/aromatic N) is 2. The number of nitrogens with one attached hydrogen (secondary N) is 2. The molecule has 9 heteroatoms. The van der Waals surface area contributed by atoms with Gasteiger partial charge >= 0.3 is 5.76 Å². The first-order chi connectivity index (χ1) is 14.0. The smallest absolute Gasteiger partial charge is 0.372 e. The summed E-state index contributed by atoms with van der Waals surface area (Å²) in [5, 5.41) is 7.68. The highest BCUT2D eigenvalue weighted by atomic mass is 35.5. The van der Waals surface area contributed by atoms with Gasteiger partial charge in [0.1, 0.15) is 0 Å². The van der Waals surface area contributed by atoms with Crippen molar-refractivity contribution in [3.63, 3.8) is 0 Å². The molecule has 2 aromatic heterocycles. The maximum absolute atomic E-state index is 13.0. The Morgan fingerprint density at radius 1 is 1.31 bits per heavy atom. The third-order valence-corrected chi connectivity index (χ3v) is 5.49. The van der Waals surface area contributed by atoms with E-state index in [1.165, 1.54) is 0 Å². The van der Waals surface area contributed by atoms with Gasteiger partial charge in [0.05, 0.1) is 18.3 Å². The second kappa shape index (κ2) is 8.36. The second-order valence-corrected chi connectivity index (χ2v) is 7.49. The minimum Gasteiger partial charge on any atom is -0.372 e. The summed E-state index contributed by atoms with van der Waals surface area (Å²) in [6, 6.07) is 9.27. The molecule has 4 rings (SSSR count). The molecule has 2 atom stereocenters. The zero-order valence-electron chi connectivity index (χ0n) is 15.9. The van der Waals surface area contributed by atoms with Crippen molar-refractivity contribution in [1.82, 2.24) is 20.0 Å². The summed E-state index contributed by atoms with van der Waals surface area (Å²) in [6.45, 7) is 4.38. The normalized spacial score (nSPS) is 19.8. The van der Waals surface area contributed by atoms with E-state index >= 15 is 0 Å². The van der Waals surface area contributed by atoms with Gasteiger partial charge in [-0.3, -0.25) is 14.3 Å².